The Hall–Kier alpha value is -1.26. The minimum Gasteiger partial charge on any atom is -0.467 e. The number of esters is 1. The number of rotatable bonds is 5. The Morgan fingerprint density at radius 1 is 1.30 bits per heavy atom. The first-order valence-electron chi connectivity index (χ1n) is 7.64. The maximum absolute atomic E-state index is 12.1. The van der Waals surface area contributed by atoms with Crippen molar-refractivity contribution in [3.05, 3.63) is 0 Å². The van der Waals surface area contributed by atoms with Gasteiger partial charge in [0.2, 0.25) is 0 Å². The van der Waals surface area contributed by atoms with Gasteiger partial charge in [0.05, 0.1) is 7.11 Å². The van der Waals surface area contributed by atoms with Crippen LogP contribution in [0.4, 0.5) is 4.79 Å². The Kier molecular flexibility index (Phi) is 6.82. The lowest BCUT2D eigenvalue weighted by atomic mass is 9.86. The lowest BCUT2D eigenvalue weighted by molar-refractivity contribution is -0.144. The molecule has 0 unspecified atom stereocenters. The average molecular weight is 284 g/mol. The minimum atomic E-state index is -0.580. The van der Waals surface area contributed by atoms with Crippen LogP contribution in [0.1, 0.15) is 52.9 Å². The van der Waals surface area contributed by atoms with E-state index in [9.17, 15) is 9.59 Å². The minimum absolute atomic E-state index is 0.0528. The molecule has 0 aliphatic heterocycles. The smallest absolute Gasteiger partial charge is 0.328 e. The third-order valence-corrected chi connectivity index (χ3v) is 4.38. The Bertz CT molecular complexity index is 333. The van der Waals surface area contributed by atoms with Crippen molar-refractivity contribution < 1.29 is 14.3 Å². The number of hydrogen-bond donors (Lipinski definition) is 2. The Labute approximate surface area is 121 Å². The molecule has 0 saturated heterocycles. The van der Waals surface area contributed by atoms with E-state index in [-0.39, 0.29) is 24.0 Å². The summed E-state index contributed by atoms with van der Waals surface area (Å²) in [5.74, 6) is 0.165. The van der Waals surface area contributed by atoms with Crippen LogP contribution in [0, 0.1) is 11.8 Å². The molecule has 5 heteroatoms. The Morgan fingerprint density at radius 2 is 1.95 bits per heavy atom. The van der Waals surface area contributed by atoms with Gasteiger partial charge in [-0.25, -0.2) is 9.59 Å². The van der Waals surface area contributed by atoms with Gasteiger partial charge in [0.15, 0.2) is 0 Å². The van der Waals surface area contributed by atoms with Crippen LogP contribution < -0.4 is 10.6 Å². The molecule has 1 fully saturated rings. The lowest BCUT2D eigenvalue weighted by Gasteiger charge is -2.30. The third kappa shape index (κ3) is 4.69. The first-order chi connectivity index (χ1) is 9.49. The van der Waals surface area contributed by atoms with Crippen LogP contribution in [0.25, 0.3) is 0 Å². The maximum atomic E-state index is 12.1. The van der Waals surface area contributed by atoms with Crippen LogP contribution in [0.5, 0.6) is 0 Å². The summed E-state index contributed by atoms with van der Waals surface area (Å²) in [4.78, 5) is 23.8. The standard InChI is InChI=1S/C15H28N2O3/c1-5-10(2)13(14(18)20-4)17-15(19)16-12-9-7-6-8-11(12)3/h10-13H,5-9H2,1-4H3,(H2,16,17,19)/t10-,11+,12-,13+/m1/s1. The van der Waals surface area contributed by atoms with Gasteiger partial charge in [0, 0.05) is 6.04 Å². The highest BCUT2D eigenvalue weighted by molar-refractivity contribution is 5.83. The van der Waals surface area contributed by atoms with Crippen molar-refractivity contribution in [3.63, 3.8) is 0 Å². The molecule has 1 rings (SSSR count). The third-order valence-electron chi connectivity index (χ3n) is 4.38. The monoisotopic (exact) mass is 284 g/mol. The summed E-state index contributed by atoms with van der Waals surface area (Å²) in [7, 11) is 1.35. The Balaban J connectivity index is 2.54. The van der Waals surface area contributed by atoms with Gasteiger partial charge >= 0.3 is 12.0 Å². The van der Waals surface area contributed by atoms with E-state index in [0.717, 1.165) is 25.7 Å². The normalized spacial score (nSPS) is 25.4. The number of ether oxygens (including phenoxy) is 1. The van der Waals surface area contributed by atoms with Crippen LogP contribution in [0.2, 0.25) is 0 Å². The highest BCUT2D eigenvalue weighted by atomic mass is 16.5. The van der Waals surface area contributed by atoms with Gasteiger partial charge in [-0.1, -0.05) is 40.0 Å². The highest BCUT2D eigenvalue weighted by Crippen LogP contribution is 2.23. The van der Waals surface area contributed by atoms with Crippen molar-refractivity contribution in [3.8, 4) is 0 Å². The molecule has 4 atom stereocenters. The number of methoxy groups -OCH3 is 1. The number of carbonyl (C=O) groups excluding carboxylic acids is 2. The quantitative estimate of drug-likeness (QED) is 0.762. The number of hydrogen-bond acceptors (Lipinski definition) is 3. The van der Waals surface area contributed by atoms with Crippen molar-refractivity contribution in [2.24, 2.45) is 11.8 Å². The fourth-order valence-corrected chi connectivity index (χ4v) is 2.68. The largest absolute Gasteiger partial charge is 0.467 e. The lowest BCUT2D eigenvalue weighted by Crippen LogP contribution is -2.53. The summed E-state index contributed by atoms with van der Waals surface area (Å²) in [6, 6.07) is -0.637. The van der Waals surface area contributed by atoms with Crippen molar-refractivity contribution >= 4 is 12.0 Å². The van der Waals surface area contributed by atoms with E-state index < -0.39 is 6.04 Å². The van der Waals surface area contributed by atoms with E-state index in [0.29, 0.717) is 5.92 Å². The molecule has 116 valence electrons. The Morgan fingerprint density at radius 3 is 2.50 bits per heavy atom. The predicted molar refractivity (Wildman–Crippen MR) is 78.3 cm³/mol. The molecule has 20 heavy (non-hydrogen) atoms. The van der Waals surface area contributed by atoms with E-state index in [1.807, 2.05) is 13.8 Å². The zero-order valence-corrected chi connectivity index (χ0v) is 13.1. The fraction of sp³-hybridized carbons (Fsp3) is 0.867. The molecule has 2 amide bonds. The van der Waals surface area contributed by atoms with Gasteiger partial charge in [-0.15, -0.1) is 0 Å². The summed E-state index contributed by atoms with van der Waals surface area (Å²) in [5, 5.41) is 5.76. The van der Waals surface area contributed by atoms with Crippen LogP contribution in [-0.2, 0) is 9.53 Å². The molecule has 0 heterocycles. The number of urea groups is 1. The molecular weight excluding hydrogens is 256 g/mol. The molecule has 0 spiro atoms. The molecule has 0 aromatic rings. The molecule has 2 N–H and O–H groups in total. The molecule has 0 radical (unpaired) electrons. The van der Waals surface area contributed by atoms with Crippen LogP contribution in [-0.4, -0.2) is 31.2 Å². The van der Waals surface area contributed by atoms with Gasteiger partial charge in [0.25, 0.3) is 0 Å². The first-order valence-corrected chi connectivity index (χ1v) is 7.64. The molecule has 5 nitrogen and oxygen atoms in total. The predicted octanol–water partition coefficient (Wildman–Crippen LogP) is 2.45. The summed E-state index contributed by atoms with van der Waals surface area (Å²) in [6.07, 6.45) is 5.36. The number of amides is 2. The molecule has 1 aliphatic rings. The van der Waals surface area contributed by atoms with Gasteiger partial charge in [-0.05, 0) is 24.7 Å². The maximum Gasteiger partial charge on any atom is 0.328 e. The number of nitrogens with one attached hydrogen (secondary N) is 2. The molecular formula is C15H28N2O3. The second-order valence-electron chi connectivity index (χ2n) is 5.87. The van der Waals surface area contributed by atoms with E-state index in [1.54, 1.807) is 0 Å². The average Bonchev–Trinajstić information content (AvgIpc) is 2.45. The number of carbonyl (C=O) groups is 2. The first kappa shape index (κ1) is 16.8. The molecule has 1 aliphatic carbocycles. The van der Waals surface area contributed by atoms with Gasteiger partial charge in [-0.2, -0.15) is 0 Å². The van der Waals surface area contributed by atoms with E-state index >= 15 is 0 Å². The zero-order valence-electron chi connectivity index (χ0n) is 13.1. The SMILES string of the molecule is CC[C@@H](C)[C@H](NC(=O)N[C@@H]1CCCC[C@@H]1C)C(=O)OC. The summed E-state index contributed by atoms with van der Waals surface area (Å²) in [6.45, 7) is 6.09. The van der Waals surface area contributed by atoms with Crippen molar-refractivity contribution in [2.75, 3.05) is 7.11 Å². The molecule has 0 aromatic carbocycles. The second kappa shape index (κ2) is 8.12. The summed E-state index contributed by atoms with van der Waals surface area (Å²) >= 11 is 0. The zero-order chi connectivity index (χ0) is 15.1. The van der Waals surface area contributed by atoms with Crippen LogP contribution in [0.3, 0.4) is 0 Å². The van der Waals surface area contributed by atoms with Crippen molar-refractivity contribution in [1.29, 1.82) is 0 Å². The highest BCUT2D eigenvalue weighted by Gasteiger charge is 2.28. The fourth-order valence-electron chi connectivity index (χ4n) is 2.68. The van der Waals surface area contributed by atoms with Crippen molar-refractivity contribution in [2.45, 2.75) is 65.0 Å². The molecule has 0 bridgehead atoms. The second-order valence-corrected chi connectivity index (χ2v) is 5.87. The van der Waals surface area contributed by atoms with E-state index in [1.165, 1.54) is 13.5 Å². The van der Waals surface area contributed by atoms with Gasteiger partial charge < -0.3 is 15.4 Å². The summed E-state index contributed by atoms with van der Waals surface area (Å²) < 4.78 is 4.77. The topological polar surface area (TPSA) is 67.4 Å². The van der Waals surface area contributed by atoms with Gasteiger partial charge in [-0.3, -0.25) is 0 Å². The van der Waals surface area contributed by atoms with E-state index in [4.69, 9.17) is 4.74 Å². The summed E-state index contributed by atoms with van der Waals surface area (Å²) in [5.41, 5.74) is 0. The van der Waals surface area contributed by atoms with Crippen molar-refractivity contribution in [1.82, 2.24) is 10.6 Å². The molecule has 0 aromatic heterocycles. The molecule has 1 saturated carbocycles. The van der Waals surface area contributed by atoms with E-state index in [2.05, 4.69) is 17.6 Å². The van der Waals surface area contributed by atoms with Crippen LogP contribution in [0.15, 0.2) is 0 Å². The van der Waals surface area contributed by atoms with Gasteiger partial charge in [0.1, 0.15) is 6.04 Å². The van der Waals surface area contributed by atoms with Crippen LogP contribution >= 0.6 is 0 Å².